The molecule has 1 heterocycles. The second-order valence-electron chi connectivity index (χ2n) is 5.78. The molecule has 11 heteroatoms. The number of carbonyl (C=O) groups is 1. The zero-order valence-electron chi connectivity index (χ0n) is 14.6. The summed E-state index contributed by atoms with van der Waals surface area (Å²) in [7, 11) is 0. The number of thioether (sulfide) groups is 1. The molecule has 0 aliphatic carbocycles. The van der Waals surface area contributed by atoms with Gasteiger partial charge in [0.1, 0.15) is 0 Å². The summed E-state index contributed by atoms with van der Waals surface area (Å²) in [5.74, 6) is 6.12. The molecule has 144 valence electrons. The minimum Gasteiger partial charge on any atom is -0.335 e. The number of nitrogens with two attached hydrogens (primary N) is 1. The fourth-order valence-electron chi connectivity index (χ4n) is 2.38. The lowest BCUT2D eigenvalue weighted by Crippen LogP contribution is -2.16. The Bertz CT molecular complexity index is 1040. The number of aryl methyl sites for hydroxylation is 1. The van der Waals surface area contributed by atoms with Crippen molar-refractivity contribution < 1.29 is 9.72 Å². The van der Waals surface area contributed by atoms with Crippen molar-refractivity contribution in [2.24, 2.45) is 0 Å². The highest BCUT2D eigenvalue weighted by molar-refractivity contribution is 7.99. The zero-order valence-corrected chi connectivity index (χ0v) is 16.2. The Kier molecular flexibility index (Phi) is 5.81. The van der Waals surface area contributed by atoms with Crippen LogP contribution in [0.2, 0.25) is 5.02 Å². The van der Waals surface area contributed by atoms with E-state index in [9.17, 15) is 14.9 Å². The third-order valence-corrected chi connectivity index (χ3v) is 4.98. The average Bonchev–Trinajstić information content (AvgIpc) is 3.02. The van der Waals surface area contributed by atoms with Crippen molar-refractivity contribution in [2.45, 2.75) is 12.1 Å². The Labute approximate surface area is 169 Å². The lowest BCUT2D eigenvalue weighted by Gasteiger charge is -2.06. The number of nitrogens with zero attached hydrogens (tertiary/aromatic N) is 4. The summed E-state index contributed by atoms with van der Waals surface area (Å²) in [5.41, 5.74) is 1.55. The van der Waals surface area contributed by atoms with Crippen LogP contribution in [0.15, 0.2) is 47.6 Å². The maximum atomic E-state index is 12.2. The van der Waals surface area contributed by atoms with Crippen LogP contribution in [-0.4, -0.2) is 31.5 Å². The predicted octanol–water partition coefficient (Wildman–Crippen LogP) is 3.26. The molecule has 3 rings (SSSR count). The smallest absolute Gasteiger partial charge is 0.274 e. The number of carbonyl (C=O) groups excluding carboxylic acids is 1. The molecule has 1 aromatic heterocycles. The Morgan fingerprint density at radius 2 is 2.00 bits per heavy atom. The standard InChI is InChI=1S/C17H15ClN6O3S/c1-10-2-7-13(8-14(10)24(26)27)20-15(25)9-28-17-22-21-16(23(17)19)11-3-5-12(18)6-4-11/h2-8H,9,19H2,1H3,(H,20,25). The number of hydrogen-bond acceptors (Lipinski definition) is 7. The third kappa shape index (κ3) is 4.41. The summed E-state index contributed by atoms with van der Waals surface area (Å²) in [6.45, 7) is 1.63. The highest BCUT2D eigenvalue weighted by Crippen LogP contribution is 2.24. The number of amides is 1. The summed E-state index contributed by atoms with van der Waals surface area (Å²) in [4.78, 5) is 22.7. The van der Waals surface area contributed by atoms with Crippen LogP contribution in [0.3, 0.4) is 0 Å². The highest BCUT2D eigenvalue weighted by Gasteiger charge is 2.15. The largest absolute Gasteiger partial charge is 0.335 e. The molecule has 0 aliphatic rings. The minimum absolute atomic E-state index is 0.0115. The fourth-order valence-corrected chi connectivity index (χ4v) is 3.16. The summed E-state index contributed by atoms with van der Waals surface area (Å²) in [5, 5.41) is 22.6. The van der Waals surface area contributed by atoms with E-state index in [1.807, 2.05) is 0 Å². The fraction of sp³-hybridized carbons (Fsp3) is 0.118. The second-order valence-corrected chi connectivity index (χ2v) is 7.16. The van der Waals surface area contributed by atoms with E-state index >= 15 is 0 Å². The lowest BCUT2D eigenvalue weighted by molar-refractivity contribution is -0.385. The molecule has 0 atom stereocenters. The third-order valence-electron chi connectivity index (χ3n) is 3.79. The number of nitrogens with one attached hydrogen (secondary N) is 1. The van der Waals surface area contributed by atoms with Crippen molar-refractivity contribution in [1.82, 2.24) is 14.9 Å². The van der Waals surface area contributed by atoms with Gasteiger partial charge in [-0.1, -0.05) is 29.4 Å². The van der Waals surface area contributed by atoms with Gasteiger partial charge in [-0.25, -0.2) is 4.68 Å². The molecule has 9 nitrogen and oxygen atoms in total. The molecule has 0 saturated carbocycles. The number of benzene rings is 2. The normalized spacial score (nSPS) is 10.6. The van der Waals surface area contributed by atoms with Gasteiger partial charge in [0, 0.05) is 27.9 Å². The van der Waals surface area contributed by atoms with Crippen LogP contribution < -0.4 is 11.2 Å². The maximum Gasteiger partial charge on any atom is 0.274 e. The first kappa shape index (κ1) is 19.6. The molecule has 0 radical (unpaired) electrons. The molecule has 0 spiro atoms. The molecular formula is C17H15ClN6O3S. The van der Waals surface area contributed by atoms with Gasteiger partial charge in [-0.05, 0) is 37.3 Å². The quantitative estimate of drug-likeness (QED) is 0.272. The molecule has 3 N–H and O–H groups in total. The van der Waals surface area contributed by atoms with Crippen LogP contribution in [-0.2, 0) is 4.79 Å². The van der Waals surface area contributed by atoms with Gasteiger partial charge in [0.15, 0.2) is 5.82 Å². The number of anilines is 1. The Hall–Kier alpha value is -3.11. The minimum atomic E-state index is -0.491. The Balaban J connectivity index is 1.65. The Morgan fingerprint density at radius 1 is 1.29 bits per heavy atom. The van der Waals surface area contributed by atoms with Gasteiger partial charge in [-0.2, -0.15) is 0 Å². The van der Waals surface area contributed by atoms with Crippen LogP contribution in [0, 0.1) is 17.0 Å². The summed E-state index contributed by atoms with van der Waals surface area (Å²) in [6.07, 6.45) is 0. The van der Waals surface area contributed by atoms with E-state index < -0.39 is 4.92 Å². The van der Waals surface area contributed by atoms with Crippen molar-refractivity contribution in [3.05, 3.63) is 63.2 Å². The van der Waals surface area contributed by atoms with Gasteiger partial charge in [0.2, 0.25) is 11.1 Å². The lowest BCUT2D eigenvalue weighted by atomic mass is 10.2. The predicted molar refractivity (Wildman–Crippen MR) is 108 cm³/mol. The van der Waals surface area contributed by atoms with E-state index in [0.29, 0.717) is 27.3 Å². The van der Waals surface area contributed by atoms with Gasteiger partial charge in [-0.15, -0.1) is 10.2 Å². The van der Waals surface area contributed by atoms with Crippen molar-refractivity contribution in [3.8, 4) is 11.4 Å². The van der Waals surface area contributed by atoms with E-state index in [-0.39, 0.29) is 17.3 Å². The highest BCUT2D eigenvalue weighted by atomic mass is 35.5. The number of rotatable bonds is 6. The van der Waals surface area contributed by atoms with Crippen LogP contribution in [0.5, 0.6) is 0 Å². The monoisotopic (exact) mass is 418 g/mol. The van der Waals surface area contributed by atoms with Crippen molar-refractivity contribution in [3.63, 3.8) is 0 Å². The van der Waals surface area contributed by atoms with Gasteiger partial charge in [-0.3, -0.25) is 14.9 Å². The molecule has 0 fully saturated rings. The maximum absolute atomic E-state index is 12.2. The zero-order chi connectivity index (χ0) is 20.3. The molecule has 0 bridgehead atoms. The SMILES string of the molecule is Cc1ccc(NC(=O)CSc2nnc(-c3ccc(Cl)cc3)n2N)cc1[N+](=O)[O-]. The first-order valence-corrected chi connectivity index (χ1v) is 9.35. The van der Waals surface area contributed by atoms with Crippen LogP contribution >= 0.6 is 23.4 Å². The molecule has 1 amide bonds. The topological polar surface area (TPSA) is 129 Å². The number of halogens is 1. The van der Waals surface area contributed by atoms with Gasteiger partial charge < -0.3 is 11.2 Å². The molecule has 28 heavy (non-hydrogen) atoms. The first-order chi connectivity index (χ1) is 13.3. The van der Waals surface area contributed by atoms with E-state index in [1.165, 1.54) is 10.7 Å². The van der Waals surface area contributed by atoms with Gasteiger partial charge >= 0.3 is 0 Å². The molecule has 0 unspecified atom stereocenters. The van der Waals surface area contributed by atoms with Crippen LogP contribution in [0.4, 0.5) is 11.4 Å². The Morgan fingerprint density at radius 3 is 2.68 bits per heavy atom. The number of nitrogen functional groups attached to an aromatic ring is 1. The van der Waals surface area contributed by atoms with E-state index in [1.54, 1.807) is 43.3 Å². The second kappa shape index (κ2) is 8.28. The number of nitro benzene ring substituents is 1. The number of hydrogen-bond donors (Lipinski definition) is 2. The molecule has 0 aliphatic heterocycles. The van der Waals surface area contributed by atoms with Crippen LogP contribution in [0.25, 0.3) is 11.4 Å². The van der Waals surface area contributed by atoms with Crippen LogP contribution in [0.1, 0.15) is 5.56 Å². The average molecular weight is 419 g/mol. The van der Waals surface area contributed by atoms with Gasteiger partial charge in [0.25, 0.3) is 5.69 Å². The van der Waals surface area contributed by atoms with Crippen molar-refractivity contribution in [1.29, 1.82) is 0 Å². The van der Waals surface area contributed by atoms with E-state index in [4.69, 9.17) is 17.4 Å². The molecule has 3 aromatic rings. The van der Waals surface area contributed by atoms with Gasteiger partial charge in [0.05, 0.1) is 10.7 Å². The summed E-state index contributed by atoms with van der Waals surface area (Å²) in [6, 6.07) is 11.5. The molecular weight excluding hydrogens is 404 g/mol. The summed E-state index contributed by atoms with van der Waals surface area (Å²) >= 11 is 6.97. The van der Waals surface area contributed by atoms with Crippen molar-refractivity contribution >= 4 is 40.6 Å². The van der Waals surface area contributed by atoms with E-state index in [0.717, 1.165) is 17.3 Å². The molecule has 2 aromatic carbocycles. The first-order valence-electron chi connectivity index (χ1n) is 7.99. The summed E-state index contributed by atoms with van der Waals surface area (Å²) < 4.78 is 1.29. The van der Waals surface area contributed by atoms with E-state index in [2.05, 4.69) is 15.5 Å². The van der Waals surface area contributed by atoms with Crippen molar-refractivity contribution in [2.75, 3.05) is 16.9 Å². The number of aromatic nitrogens is 3. The molecule has 0 saturated heterocycles. The number of nitro groups is 1.